The van der Waals surface area contributed by atoms with Crippen molar-refractivity contribution in [1.82, 2.24) is 4.31 Å². The molecule has 0 aromatic heterocycles. The number of hydrogen-bond acceptors (Lipinski definition) is 6. The molecule has 168 valence electrons. The van der Waals surface area contributed by atoms with E-state index in [9.17, 15) is 18.0 Å². The molecule has 7 nitrogen and oxygen atoms in total. The maximum atomic E-state index is 13.3. The van der Waals surface area contributed by atoms with Crippen molar-refractivity contribution in [3.05, 3.63) is 90.5 Å². The molecule has 1 saturated heterocycles. The molecular formula is C24H21N3O4S2. The number of aryl methyl sites for hydroxylation is 1. The molecule has 0 aliphatic carbocycles. The predicted octanol–water partition coefficient (Wildman–Crippen LogP) is 4.34. The Bertz CT molecular complexity index is 1310. The number of nitrogens with one attached hydrogen (secondary N) is 1. The standard InChI is InChI=1S/C24H21N3O4S2/c1-17-10-8-9-15-20(17)26-22(28)16-21-23(29)27(33(30,31)19-13-6-3-7-14-19)24(32-21)25-18-11-4-2-5-12-18/h2-15,21H,16H2,1H3,(H,26,28). The first-order chi connectivity index (χ1) is 15.9. The average Bonchev–Trinajstić information content (AvgIpc) is 3.11. The van der Waals surface area contributed by atoms with Crippen molar-refractivity contribution in [2.24, 2.45) is 4.99 Å². The van der Waals surface area contributed by atoms with Crippen molar-refractivity contribution < 1.29 is 18.0 Å². The topological polar surface area (TPSA) is 95.9 Å². The van der Waals surface area contributed by atoms with E-state index in [0.717, 1.165) is 17.3 Å². The van der Waals surface area contributed by atoms with Crippen LogP contribution in [0.25, 0.3) is 0 Å². The van der Waals surface area contributed by atoms with Crippen molar-refractivity contribution in [2.75, 3.05) is 5.32 Å². The van der Waals surface area contributed by atoms with Crippen LogP contribution in [0.3, 0.4) is 0 Å². The highest BCUT2D eigenvalue weighted by molar-refractivity contribution is 8.17. The molecule has 1 fully saturated rings. The summed E-state index contributed by atoms with van der Waals surface area (Å²) in [7, 11) is -4.19. The number of aliphatic imine (C=N–C) groups is 1. The summed E-state index contributed by atoms with van der Waals surface area (Å²) in [6.45, 7) is 1.86. The molecule has 1 aliphatic heterocycles. The predicted molar refractivity (Wildman–Crippen MR) is 130 cm³/mol. The van der Waals surface area contributed by atoms with Gasteiger partial charge >= 0.3 is 0 Å². The zero-order valence-corrected chi connectivity index (χ0v) is 19.3. The van der Waals surface area contributed by atoms with Crippen LogP contribution in [0, 0.1) is 6.92 Å². The van der Waals surface area contributed by atoms with E-state index < -0.39 is 21.2 Å². The molecule has 33 heavy (non-hydrogen) atoms. The van der Waals surface area contributed by atoms with Crippen molar-refractivity contribution in [1.29, 1.82) is 0 Å². The van der Waals surface area contributed by atoms with E-state index in [1.807, 2.05) is 25.1 Å². The van der Waals surface area contributed by atoms with Gasteiger partial charge in [0.25, 0.3) is 15.9 Å². The highest BCUT2D eigenvalue weighted by Gasteiger charge is 2.46. The molecule has 3 aromatic carbocycles. The highest BCUT2D eigenvalue weighted by atomic mass is 32.2. The number of rotatable bonds is 6. The molecule has 0 radical (unpaired) electrons. The van der Waals surface area contributed by atoms with Gasteiger partial charge in [0.15, 0.2) is 5.17 Å². The first-order valence-corrected chi connectivity index (χ1v) is 12.5. The number of anilines is 1. The van der Waals surface area contributed by atoms with Crippen molar-refractivity contribution in [3.8, 4) is 0 Å². The van der Waals surface area contributed by atoms with Crippen molar-refractivity contribution >= 4 is 50.1 Å². The number of carbonyl (C=O) groups excluding carboxylic acids is 2. The second-order valence-corrected chi connectivity index (χ2v) is 10.3. The van der Waals surface area contributed by atoms with Crippen LogP contribution in [0.4, 0.5) is 11.4 Å². The lowest BCUT2D eigenvalue weighted by molar-refractivity contribution is -0.125. The van der Waals surface area contributed by atoms with E-state index in [-0.39, 0.29) is 22.4 Å². The lowest BCUT2D eigenvalue weighted by Gasteiger charge is -2.17. The van der Waals surface area contributed by atoms with E-state index >= 15 is 0 Å². The number of para-hydroxylation sites is 2. The van der Waals surface area contributed by atoms with Crippen molar-refractivity contribution in [2.45, 2.75) is 23.5 Å². The van der Waals surface area contributed by atoms with E-state index in [0.29, 0.717) is 15.7 Å². The smallest absolute Gasteiger partial charge is 0.272 e. The van der Waals surface area contributed by atoms with Gasteiger partial charge in [-0.15, -0.1) is 0 Å². The highest BCUT2D eigenvalue weighted by Crippen LogP contribution is 2.35. The molecule has 0 spiro atoms. The SMILES string of the molecule is Cc1ccccc1NC(=O)CC1SC(=Nc2ccccc2)N(S(=O)(=O)c2ccccc2)C1=O. The zero-order chi connectivity index (χ0) is 23.4. The van der Waals surface area contributed by atoms with Crippen LogP contribution in [-0.4, -0.2) is 35.0 Å². The zero-order valence-electron chi connectivity index (χ0n) is 17.7. The molecule has 0 bridgehead atoms. The molecule has 1 N–H and O–H groups in total. The first-order valence-electron chi connectivity index (χ1n) is 10.2. The number of hydrogen-bond donors (Lipinski definition) is 1. The number of amides is 2. The Balaban J connectivity index is 1.64. The Morgan fingerprint density at radius 1 is 0.970 bits per heavy atom. The van der Waals surface area contributed by atoms with Gasteiger partial charge in [-0.3, -0.25) is 9.59 Å². The van der Waals surface area contributed by atoms with Crippen LogP contribution < -0.4 is 5.32 Å². The molecule has 1 unspecified atom stereocenters. The summed E-state index contributed by atoms with van der Waals surface area (Å²) in [5.74, 6) is -1.08. The minimum atomic E-state index is -4.19. The van der Waals surface area contributed by atoms with Crippen LogP contribution in [-0.2, 0) is 19.6 Å². The van der Waals surface area contributed by atoms with Gasteiger partial charge in [0, 0.05) is 12.1 Å². The molecule has 2 amide bonds. The van der Waals surface area contributed by atoms with Crippen LogP contribution in [0.2, 0.25) is 0 Å². The van der Waals surface area contributed by atoms with E-state index in [1.165, 1.54) is 12.1 Å². The van der Waals surface area contributed by atoms with Gasteiger partial charge in [-0.1, -0.05) is 66.4 Å². The van der Waals surface area contributed by atoms with Gasteiger partial charge < -0.3 is 5.32 Å². The third-order valence-corrected chi connectivity index (χ3v) is 7.90. The minimum absolute atomic E-state index is 0.0174. The maximum Gasteiger partial charge on any atom is 0.272 e. The van der Waals surface area contributed by atoms with Gasteiger partial charge in [0.2, 0.25) is 5.91 Å². The fourth-order valence-corrected chi connectivity index (χ4v) is 6.12. The number of benzene rings is 3. The Kier molecular flexibility index (Phi) is 6.62. The van der Waals surface area contributed by atoms with Gasteiger partial charge in [-0.2, -0.15) is 4.31 Å². The molecule has 1 heterocycles. The monoisotopic (exact) mass is 479 g/mol. The first kappa shape index (κ1) is 22.8. The Hall–Kier alpha value is -3.43. The largest absolute Gasteiger partial charge is 0.326 e. The van der Waals surface area contributed by atoms with Crippen LogP contribution >= 0.6 is 11.8 Å². The number of nitrogens with zero attached hydrogens (tertiary/aromatic N) is 2. The lowest BCUT2D eigenvalue weighted by atomic mass is 10.2. The van der Waals surface area contributed by atoms with Crippen LogP contribution in [0.5, 0.6) is 0 Å². The van der Waals surface area contributed by atoms with Gasteiger partial charge in [-0.05, 0) is 42.8 Å². The normalized spacial score (nSPS) is 17.4. The second kappa shape index (κ2) is 9.60. The van der Waals surface area contributed by atoms with E-state index in [1.54, 1.807) is 54.6 Å². The Morgan fingerprint density at radius 2 is 1.58 bits per heavy atom. The summed E-state index contributed by atoms with van der Waals surface area (Å²) in [6.07, 6.45) is -0.188. The van der Waals surface area contributed by atoms with Gasteiger partial charge in [0.05, 0.1) is 10.6 Å². The molecule has 0 saturated carbocycles. The molecule has 9 heteroatoms. The number of amidine groups is 1. The summed E-state index contributed by atoms with van der Waals surface area (Å²) < 4.78 is 27.4. The fourth-order valence-electron chi connectivity index (χ4n) is 3.27. The Labute approximate surface area is 196 Å². The molecule has 1 aliphatic rings. The number of sulfonamides is 1. The summed E-state index contributed by atoms with van der Waals surface area (Å²) in [4.78, 5) is 30.3. The number of carbonyl (C=O) groups is 2. The molecule has 4 rings (SSSR count). The summed E-state index contributed by atoms with van der Waals surface area (Å²) in [5.41, 5.74) is 2.03. The average molecular weight is 480 g/mol. The van der Waals surface area contributed by atoms with Gasteiger partial charge in [-0.25, -0.2) is 13.4 Å². The minimum Gasteiger partial charge on any atom is -0.326 e. The quantitative estimate of drug-likeness (QED) is 0.567. The third kappa shape index (κ3) is 4.99. The number of thioether (sulfide) groups is 1. The van der Waals surface area contributed by atoms with E-state index in [4.69, 9.17) is 0 Å². The second-order valence-electron chi connectivity index (χ2n) is 7.32. The third-order valence-electron chi connectivity index (χ3n) is 4.95. The molecule has 1 atom stereocenters. The fraction of sp³-hybridized carbons (Fsp3) is 0.125. The van der Waals surface area contributed by atoms with Crippen molar-refractivity contribution in [3.63, 3.8) is 0 Å². The maximum absolute atomic E-state index is 13.3. The summed E-state index contributed by atoms with van der Waals surface area (Å²) in [5, 5.41) is 1.89. The van der Waals surface area contributed by atoms with Crippen LogP contribution in [0.15, 0.2) is 94.8 Å². The lowest BCUT2D eigenvalue weighted by Crippen LogP contribution is -2.38. The summed E-state index contributed by atoms with van der Waals surface area (Å²) in [6, 6.07) is 23.8. The summed E-state index contributed by atoms with van der Waals surface area (Å²) >= 11 is 0.973. The Morgan fingerprint density at radius 3 is 2.24 bits per heavy atom. The van der Waals surface area contributed by atoms with Gasteiger partial charge in [0.1, 0.15) is 5.25 Å². The van der Waals surface area contributed by atoms with Crippen LogP contribution in [0.1, 0.15) is 12.0 Å². The molecular weight excluding hydrogens is 458 g/mol. The molecule has 3 aromatic rings. The van der Waals surface area contributed by atoms with E-state index in [2.05, 4.69) is 10.3 Å².